The number of halogens is 1. The molecule has 0 saturated carbocycles. The van der Waals surface area contributed by atoms with Crippen molar-refractivity contribution in [1.29, 1.82) is 0 Å². The number of thiazole rings is 1. The molecule has 0 radical (unpaired) electrons. The molecule has 0 aliphatic heterocycles. The molecule has 3 nitrogen and oxygen atoms in total. The molecule has 0 spiro atoms. The molecule has 0 bridgehead atoms. The Bertz CT molecular complexity index is 665. The Morgan fingerprint density at radius 2 is 2.18 bits per heavy atom. The Morgan fingerprint density at radius 3 is 3.06 bits per heavy atom. The van der Waals surface area contributed by atoms with Gasteiger partial charge in [-0.2, -0.15) is 0 Å². The van der Waals surface area contributed by atoms with Crippen LogP contribution in [0.2, 0.25) is 0 Å². The Balaban J connectivity index is 1.97. The van der Waals surface area contributed by atoms with Crippen LogP contribution in [0, 0.1) is 0 Å². The smallest absolute Gasteiger partial charge is 0.0813 e. The van der Waals surface area contributed by atoms with Gasteiger partial charge in [-0.3, -0.25) is 4.98 Å². The molecule has 0 unspecified atom stereocenters. The molecule has 0 aliphatic rings. The Labute approximate surface area is 111 Å². The van der Waals surface area contributed by atoms with Gasteiger partial charge in [0.1, 0.15) is 0 Å². The van der Waals surface area contributed by atoms with Gasteiger partial charge in [-0.25, -0.2) is 4.98 Å². The monoisotopic (exact) mass is 305 g/mol. The average Bonchev–Trinajstić information content (AvgIpc) is 2.79. The highest BCUT2D eigenvalue weighted by atomic mass is 79.9. The second-order valence-electron chi connectivity index (χ2n) is 3.52. The van der Waals surface area contributed by atoms with Gasteiger partial charge in [0.2, 0.25) is 0 Å². The summed E-state index contributed by atoms with van der Waals surface area (Å²) in [5, 5.41) is 3.35. The van der Waals surface area contributed by atoms with E-state index in [0.717, 1.165) is 21.4 Å². The molecule has 0 aliphatic carbocycles. The Hall–Kier alpha value is -1.46. The van der Waals surface area contributed by atoms with Gasteiger partial charge in [-0.05, 0) is 40.2 Å². The molecule has 0 fully saturated rings. The summed E-state index contributed by atoms with van der Waals surface area (Å²) < 4.78 is 2.13. The van der Waals surface area contributed by atoms with Crippen molar-refractivity contribution < 1.29 is 0 Å². The highest BCUT2D eigenvalue weighted by Crippen LogP contribution is 2.27. The number of benzene rings is 1. The Kier molecular flexibility index (Phi) is 2.78. The van der Waals surface area contributed by atoms with Crippen LogP contribution in [0.3, 0.4) is 0 Å². The number of hydrogen-bond donors (Lipinski definition) is 1. The summed E-state index contributed by atoms with van der Waals surface area (Å²) in [6, 6.07) is 8.07. The SMILES string of the molecule is Brc1cnccc1Nc1ccc2ncsc2c1. The second kappa shape index (κ2) is 4.43. The summed E-state index contributed by atoms with van der Waals surface area (Å²) in [6.45, 7) is 0. The lowest BCUT2D eigenvalue weighted by molar-refractivity contribution is 1.30. The molecular formula is C12H8BrN3S. The van der Waals surface area contributed by atoms with Gasteiger partial charge >= 0.3 is 0 Å². The molecule has 0 saturated heterocycles. The molecule has 3 aromatic rings. The summed E-state index contributed by atoms with van der Waals surface area (Å²) in [5.74, 6) is 0. The van der Waals surface area contributed by atoms with E-state index >= 15 is 0 Å². The molecule has 0 atom stereocenters. The molecule has 2 heterocycles. The van der Waals surface area contributed by atoms with Crippen molar-refractivity contribution in [3.8, 4) is 0 Å². The van der Waals surface area contributed by atoms with E-state index in [4.69, 9.17) is 0 Å². The van der Waals surface area contributed by atoms with Crippen LogP contribution in [0.4, 0.5) is 11.4 Å². The summed E-state index contributed by atoms with van der Waals surface area (Å²) in [6.07, 6.45) is 3.53. The lowest BCUT2D eigenvalue weighted by Crippen LogP contribution is -1.91. The van der Waals surface area contributed by atoms with E-state index < -0.39 is 0 Å². The first-order valence-corrected chi connectivity index (χ1v) is 6.70. The molecule has 0 amide bonds. The van der Waals surface area contributed by atoms with Crippen LogP contribution >= 0.6 is 27.3 Å². The zero-order valence-corrected chi connectivity index (χ0v) is 11.1. The van der Waals surface area contributed by atoms with Crippen molar-refractivity contribution in [2.45, 2.75) is 0 Å². The molecule has 5 heteroatoms. The third kappa shape index (κ3) is 2.16. The highest BCUT2D eigenvalue weighted by molar-refractivity contribution is 9.10. The fraction of sp³-hybridized carbons (Fsp3) is 0. The van der Waals surface area contributed by atoms with Crippen LogP contribution in [-0.4, -0.2) is 9.97 Å². The van der Waals surface area contributed by atoms with Crippen LogP contribution in [0.25, 0.3) is 10.2 Å². The maximum Gasteiger partial charge on any atom is 0.0813 e. The van der Waals surface area contributed by atoms with E-state index in [9.17, 15) is 0 Å². The number of anilines is 2. The van der Waals surface area contributed by atoms with Crippen molar-refractivity contribution in [2.24, 2.45) is 0 Å². The normalized spacial score (nSPS) is 10.6. The van der Waals surface area contributed by atoms with Crippen LogP contribution in [0.1, 0.15) is 0 Å². The zero-order valence-electron chi connectivity index (χ0n) is 8.72. The molecule has 3 rings (SSSR count). The third-order valence-electron chi connectivity index (χ3n) is 2.38. The molecular weight excluding hydrogens is 298 g/mol. The first-order chi connectivity index (χ1) is 8.33. The van der Waals surface area contributed by atoms with E-state index in [1.807, 2.05) is 23.7 Å². The largest absolute Gasteiger partial charge is 0.354 e. The van der Waals surface area contributed by atoms with E-state index in [1.165, 1.54) is 4.70 Å². The summed E-state index contributed by atoms with van der Waals surface area (Å²) >= 11 is 5.10. The number of rotatable bonds is 2. The number of nitrogens with zero attached hydrogens (tertiary/aromatic N) is 2. The van der Waals surface area contributed by atoms with Gasteiger partial charge in [0.15, 0.2) is 0 Å². The van der Waals surface area contributed by atoms with E-state index in [-0.39, 0.29) is 0 Å². The zero-order chi connectivity index (χ0) is 11.7. The third-order valence-corrected chi connectivity index (χ3v) is 3.81. The quantitative estimate of drug-likeness (QED) is 0.771. The first-order valence-electron chi connectivity index (χ1n) is 5.03. The van der Waals surface area contributed by atoms with Crippen molar-refractivity contribution in [3.63, 3.8) is 0 Å². The lowest BCUT2D eigenvalue weighted by Gasteiger charge is -2.07. The van der Waals surface area contributed by atoms with Crippen molar-refractivity contribution in [3.05, 3.63) is 46.6 Å². The first kappa shape index (κ1) is 10.7. The highest BCUT2D eigenvalue weighted by Gasteiger charge is 2.02. The van der Waals surface area contributed by atoms with Crippen molar-refractivity contribution in [1.82, 2.24) is 9.97 Å². The van der Waals surface area contributed by atoms with Gasteiger partial charge < -0.3 is 5.32 Å². The number of fused-ring (bicyclic) bond motifs is 1. The minimum Gasteiger partial charge on any atom is -0.354 e. The minimum atomic E-state index is 0.949. The predicted molar refractivity (Wildman–Crippen MR) is 74.8 cm³/mol. The number of hydrogen-bond acceptors (Lipinski definition) is 4. The van der Waals surface area contributed by atoms with Crippen LogP contribution < -0.4 is 5.32 Å². The number of aromatic nitrogens is 2. The predicted octanol–water partition coefficient (Wildman–Crippen LogP) is 4.20. The number of nitrogens with one attached hydrogen (secondary N) is 1. The van der Waals surface area contributed by atoms with Crippen LogP contribution in [-0.2, 0) is 0 Å². The van der Waals surface area contributed by atoms with E-state index in [2.05, 4.69) is 37.3 Å². The standard InChI is InChI=1S/C12H8BrN3S/c13-9-6-14-4-3-10(9)16-8-1-2-11-12(5-8)17-7-15-11/h1-7H,(H,14,16). The second-order valence-corrected chi connectivity index (χ2v) is 5.26. The number of pyridine rings is 1. The van der Waals surface area contributed by atoms with Crippen molar-refractivity contribution in [2.75, 3.05) is 5.32 Å². The summed E-state index contributed by atoms with van der Waals surface area (Å²) in [4.78, 5) is 8.29. The fourth-order valence-corrected chi connectivity index (χ4v) is 2.63. The maximum atomic E-state index is 4.26. The van der Waals surface area contributed by atoms with E-state index in [1.54, 1.807) is 23.7 Å². The molecule has 1 N–H and O–H groups in total. The minimum absolute atomic E-state index is 0.949. The topological polar surface area (TPSA) is 37.8 Å². The van der Waals surface area contributed by atoms with E-state index in [0.29, 0.717) is 0 Å². The average molecular weight is 306 g/mol. The van der Waals surface area contributed by atoms with Gasteiger partial charge in [0, 0.05) is 18.1 Å². The lowest BCUT2D eigenvalue weighted by atomic mass is 10.3. The summed E-state index contributed by atoms with van der Waals surface area (Å²) in [7, 11) is 0. The van der Waals surface area contributed by atoms with Gasteiger partial charge in [0.05, 0.1) is 25.9 Å². The van der Waals surface area contributed by atoms with Crippen molar-refractivity contribution >= 4 is 48.9 Å². The molecule has 1 aromatic carbocycles. The van der Waals surface area contributed by atoms with Gasteiger partial charge in [-0.1, -0.05) is 0 Å². The Morgan fingerprint density at radius 1 is 1.24 bits per heavy atom. The molecule has 17 heavy (non-hydrogen) atoms. The maximum absolute atomic E-state index is 4.26. The summed E-state index contributed by atoms with van der Waals surface area (Å²) in [5.41, 5.74) is 4.95. The van der Waals surface area contributed by atoms with Gasteiger partial charge in [0.25, 0.3) is 0 Å². The molecule has 84 valence electrons. The fourth-order valence-electron chi connectivity index (χ4n) is 1.56. The van der Waals surface area contributed by atoms with Gasteiger partial charge in [-0.15, -0.1) is 11.3 Å². The molecule has 2 aromatic heterocycles. The van der Waals surface area contributed by atoms with Crippen LogP contribution in [0.15, 0.2) is 46.6 Å². The van der Waals surface area contributed by atoms with Crippen LogP contribution in [0.5, 0.6) is 0 Å².